The molecule has 0 aromatic rings. The Hall–Kier alpha value is 1.06. The van der Waals surface area contributed by atoms with Gasteiger partial charge in [-0.05, 0) is 13.8 Å². The van der Waals surface area contributed by atoms with Crippen LogP contribution < -0.4 is 0 Å². The summed E-state index contributed by atoms with van der Waals surface area (Å²) < 4.78 is 0. The number of rotatable bonds is 0. The van der Waals surface area contributed by atoms with Gasteiger partial charge in [-0.2, -0.15) is 0 Å². The van der Waals surface area contributed by atoms with Crippen LogP contribution in [-0.2, 0) is 16.0 Å². The number of hydrogen-bond donors (Lipinski definition) is 0. The zero-order chi connectivity index (χ0) is 7.15. The molecule has 5 heteroatoms. The second-order valence-corrected chi connectivity index (χ2v) is 6.53. The van der Waals surface area contributed by atoms with E-state index in [-0.39, 0.29) is 5.78 Å². The van der Waals surface area contributed by atoms with E-state index >= 15 is 0 Å². The Kier molecular flexibility index (Phi) is 11.9. The summed E-state index contributed by atoms with van der Waals surface area (Å²) in [4.78, 5) is 9.44. The van der Waals surface area contributed by atoms with E-state index in [1.807, 2.05) is 0 Å². The molecule has 0 spiro atoms. The molecule has 53 valence electrons. The van der Waals surface area contributed by atoms with Crippen molar-refractivity contribution < 1.29 is 16.0 Å². The molecule has 8 heavy (non-hydrogen) atoms. The van der Waals surface area contributed by atoms with Gasteiger partial charge in [-0.3, -0.25) is 0 Å². The Bertz CT molecular complexity index is 58.8. The van der Waals surface area contributed by atoms with E-state index < -0.39 is 11.2 Å². The fraction of sp³-hybridized carbons (Fsp3) is 0.667. The number of carbonyl (C=O) groups excluding carboxylic acids is 1. The van der Waals surface area contributed by atoms with Crippen molar-refractivity contribution in [2.24, 2.45) is 0 Å². The third-order valence-electron chi connectivity index (χ3n) is 0. The van der Waals surface area contributed by atoms with E-state index in [2.05, 4.69) is 0 Å². The first-order valence-electron chi connectivity index (χ1n) is 1.61. The summed E-state index contributed by atoms with van der Waals surface area (Å²) in [6, 6.07) is 0. The molecule has 0 aromatic heterocycles. The molecule has 0 aromatic carbocycles. The minimum atomic E-state index is -1.33. The second-order valence-electron chi connectivity index (χ2n) is 1.06. The van der Waals surface area contributed by atoms with Gasteiger partial charge in [0.05, 0.1) is 0 Å². The Morgan fingerprint density at radius 1 is 1.25 bits per heavy atom. The van der Waals surface area contributed by atoms with Crippen LogP contribution in [0.15, 0.2) is 0 Å². The van der Waals surface area contributed by atoms with Gasteiger partial charge in [-0.15, -0.1) is 0 Å². The van der Waals surface area contributed by atoms with E-state index in [4.69, 9.17) is 30.3 Å². The van der Waals surface area contributed by atoms with Crippen molar-refractivity contribution in [2.45, 2.75) is 13.8 Å². The zero-order valence-corrected chi connectivity index (χ0v) is 7.77. The summed E-state index contributed by atoms with van der Waals surface area (Å²) in [7, 11) is 14.7. The van der Waals surface area contributed by atoms with Crippen molar-refractivity contribution in [1.29, 1.82) is 0 Å². The van der Waals surface area contributed by atoms with Crippen LogP contribution in [0.3, 0.4) is 0 Å². The molecule has 0 heterocycles. The molecule has 0 rings (SSSR count). The molecule has 0 unspecified atom stereocenters. The predicted octanol–water partition coefficient (Wildman–Crippen LogP) is 2.66. The van der Waals surface area contributed by atoms with Crippen molar-refractivity contribution in [3.63, 3.8) is 0 Å². The van der Waals surface area contributed by atoms with Crippen LogP contribution in [0.5, 0.6) is 0 Å². The first-order valence-corrected chi connectivity index (χ1v) is 6.16. The molecule has 0 atom stereocenters. The minimum absolute atomic E-state index is 0.167. The van der Waals surface area contributed by atoms with Crippen LogP contribution in [0.4, 0.5) is 0 Å². The molecular formula is C3H6Cl3FeO. The van der Waals surface area contributed by atoms with E-state index in [1.165, 1.54) is 13.8 Å². The molecule has 0 aliphatic rings. The summed E-state index contributed by atoms with van der Waals surface area (Å²) in [5.41, 5.74) is 0. The van der Waals surface area contributed by atoms with Crippen molar-refractivity contribution in [1.82, 2.24) is 0 Å². The SMILES string of the molecule is CC(C)=O.[Cl][Fe]([Cl])[Cl]. The normalized spacial score (nSPS) is 8.88. The number of halogens is 3. The first-order chi connectivity index (χ1) is 3.46. The van der Waals surface area contributed by atoms with Gasteiger partial charge >= 0.3 is 41.5 Å². The number of ketones is 1. The standard InChI is InChI=1S/C3H6O.3ClH.Fe/c1-3(2)4;;;;/h1-2H3;3*1H;/q;;;;+3/p-3. The van der Waals surface area contributed by atoms with E-state index in [9.17, 15) is 4.79 Å². The van der Waals surface area contributed by atoms with Gasteiger partial charge in [0, 0.05) is 0 Å². The Balaban J connectivity index is 0. The molecule has 0 radical (unpaired) electrons. The first kappa shape index (κ1) is 11.8. The van der Waals surface area contributed by atoms with E-state index in [1.54, 1.807) is 0 Å². The Morgan fingerprint density at radius 3 is 1.25 bits per heavy atom. The third kappa shape index (κ3) is 231. The van der Waals surface area contributed by atoms with Crippen LogP contribution in [0.25, 0.3) is 0 Å². The fourth-order valence-electron chi connectivity index (χ4n) is 0. The molecular weight excluding hydrogens is 214 g/mol. The quantitative estimate of drug-likeness (QED) is 0.574. The van der Waals surface area contributed by atoms with Gasteiger partial charge in [0.25, 0.3) is 0 Å². The number of Topliss-reactive ketones (excluding diaryl/α,β-unsaturated/α-hetero) is 1. The molecule has 0 aliphatic heterocycles. The topological polar surface area (TPSA) is 17.1 Å². The molecule has 0 saturated heterocycles. The summed E-state index contributed by atoms with van der Waals surface area (Å²) in [5.74, 6) is 0.167. The average Bonchev–Trinajstić information content (AvgIpc) is 1.25. The van der Waals surface area contributed by atoms with Gasteiger partial charge in [0.1, 0.15) is 5.78 Å². The number of carbonyl (C=O) groups is 1. The van der Waals surface area contributed by atoms with E-state index in [0.717, 1.165) is 0 Å². The molecule has 0 amide bonds. The summed E-state index contributed by atoms with van der Waals surface area (Å²) in [5, 5.41) is 0. The Morgan fingerprint density at radius 2 is 1.25 bits per heavy atom. The van der Waals surface area contributed by atoms with Crippen molar-refractivity contribution in [3.8, 4) is 0 Å². The third-order valence-corrected chi connectivity index (χ3v) is 0. The monoisotopic (exact) mass is 219 g/mol. The zero-order valence-electron chi connectivity index (χ0n) is 4.40. The van der Waals surface area contributed by atoms with E-state index in [0.29, 0.717) is 0 Å². The van der Waals surface area contributed by atoms with Gasteiger partial charge in [-0.1, -0.05) is 0 Å². The molecule has 0 aliphatic carbocycles. The summed E-state index contributed by atoms with van der Waals surface area (Å²) >= 11 is -1.33. The van der Waals surface area contributed by atoms with Gasteiger partial charge < -0.3 is 4.79 Å². The predicted molar refractivity (Wildman–Crippen MR) is 33.9 cm³/mol. The van der Waals surface area contributed by atoms with Crippen molar-refractivity contribution >= 4 is 36.1 Å². The second kappa shape index (κ2) is 8.06. The molecule has 0 fully saturated rings. The maximum absolute atomic E-state index is 9.44. The van der Waals surface area contributed by atoms with Crippen molar-refractivity contribution in [3.05, 3.63) is 0 Å². The van der Waals surface area contributed by atoms with Crippen LogP contribution >= 0.6 is 30.3 Å². The van der Waals surface area contributed by atoms with Gasteiger partial charge in [0.15, 0.2) is 0 Å². The van der Waals surface area contributed by atoms with Crippen LogP contribution in [0.1, 0.15) is 13.8 Å². The number of hydrogen-bond acceptors (Lipinski definition) is 1. The fourth-order valence-corrected chi connectivity index (χ4v) is 0. The Labute approximate surface area is 65.9 Å². The van der Waals surface area contributed by atoms with Crippen LogP contribution in [0.2, 0.25) is 0 Å². The molecule has 0 saturated carbocycles. The molecule has 1 nitrogen and oxygen atoms in total. The van der Waals surface area contributed by atoms with Gasteiger partial charge in [-0.25, -0.2) is 0 Å². The van der Waals surface area contributed by atoms with Crippen LogP contribution in [0, 0.1) is 0 Å². The maximum atomic E-state index is 9.44. The average molecular weight is 220 g/mol. The molecule has 0 N–H and O–H groups in total. The molecule has 0 bridgehead atoms. The summed E-state index contributed by atoms with van der Waals surface area (Å²) in [6.07, 6.45) is 0. The van der Waals surface area contributed by atoms with Crippen LogP contribution in [-0.4, -0.2) is 5.78 Å². The van der Waals surface area contributed by atoms with Crippen molar-refractivity contribution in [2.75, 3.05) is 0 Å². The van der Waals surface area contributed by atoms with Gasteiger partial charge in [0.2, 0.25) is 0 Å². The summed E-state index contributed by atoms with van der Waals surface area (Å²) in [6.45, 7) is 3.06.